The third-order valence-electron chi connectivity index (χ3n) is 11.9. The second-order valence-corrected chi connectivity index (χ2v) is 15.3. The Bertz CT molecular complexity index is 2940. The van der Waals surface area contributed by atoms with Crippen molar-refractivity contribution in [2.75, 3.05) is 4.90 Å². The van der Waals surface area contributed by atoms with Gasteiger partial charge in [-0.15, -0.1) is 0 Å². The van der Waals surface area contributed by atoms with Crippen LogP contribution >= 0.6 is 0 Å². The van der Waals surface area contributed by atoms with Gasteiger partial charge in [0.15, 0.2) is 0 Å². The first-order chi connectivity index (χ1) is 26.5. The molecule has 0 heterocycles. The summed E-state index contributed by atoms with van der Waals surface area (Å²) < 4.78 is 0. The number of nitrogens with zero attached hydrogens (tertiary/aromatic N) is 1. The molecule has 2 aliphatic rings. The molecule has 0 fully saturated rings. The molecule has 11 rings (SSSR count). The second kappa shape index (κ2) is 11.7. The number of hydrogen-bond acceptors (Lipinski definition) is 1. The number of fused-ring (bicyclic) bond motifs is 9. The lowest BCUT2D eigenvalue weighted by Gasteiger charge is -2.33. The van der Waals surface area contributed by atoms with Gasteiger partial charge in [-0.1, -0.05) is 147 Å². The van der Waals surface area contributed by atoms with Crippen molar-refractivity contribution in [3.8, 4) is 55.6 Å². The van der Waals surface area contributed by atoms with Crippen molar-refractivity contribution >= 4 is 38.6 Å². The molecule has 0 spiro atoms. The molecule has 2 aliphatic carbocycles. The van der Waals surface area contributed by atoms with Gasteiger partial charge in [-0.05, 0) is 138 Å². The summed E-state index contributed by atoms with van der Waals surface area (Å²) >= 11 is 0. The number of anilines is 3. The van der Waals surface area contributed by atoms with Crippen molar-refractivity contribution in [1.82, 2.24) is 0 Å². The molecule has 0 unspecified atom stereocenters. The second-order valence-electron chi connectivity index (χ2n) is 15.3. The first-order valence-electron chi connectivity index (χ1n) is 18.9. The molecule has 0 amide bonds. The van der Waals surface area contributed by atoms with Gasteiger partial charge in [-0.25, -0.2) is 0 Å². The topological polar surface area (TPSA) is 3.24 Å². The molecule has 1 nitrogen and oxygen atoms in total. The Morgan fingerprint density at radius 3 is 1.67 bits per heavy atom. The van der Waals surface area contributed by atoms with E-state index in [1.54, 1.807) is 0 Å². The highest BCUT2D eigenvalue weighted by Crippen LogP contribution is 2.56. The average molecular weight is 688 g/mol. The van der Waals surface area contributed by atoms with Crippen LogP contribution in [0.25, 0.3) is 77.2 Å². The Morgan fingerprint density at radius 1 is 0.352 bits per heavy atom. The first kappa shape index (κ1) is 30.9. The molecule has 0 saturated heterocycles. The smallest absolute Gasteiger partial charge is 0.0540 e. The molecule has 1 heteroatoms. The normalized spacial score (nSPS) is 13.1. The summed E-state index contributed by atoms with van der Waals surface area (Å²) in [5.41, 5.74) is 19.0. The monoisotopic (exact) mass is 687 g/mol. The summed E-state index contributed by atoms with van der Waals surface area (Å²) in [5, 5.41) is 5.05. The van der Waals surface area contributed by atoms with Crippen LogP contribution in [0.15, 0.2) is 188 Å². The molecule has 0 radical (unpaired) electrons. The number of benzene rings is 9. The van der Waals surface area contributed by atoms with Crippen molar-refractivity contribution in [2.24, 2.45) is 0 Å². The van der Waals surface area contributed by atoms with E-state index in [-0.39, 0.29) is 5.41 Å². The van der Waals surface area contributed by atoms with Gasteiger partial charge in [0.25, 0.3) is 0 Å². The average Bonchev–Trinajstić information content (AvgIpc) is 3.47. The Kier molecular flexibility index (Phi) is 6.66. The zero-order valence-electron chi connectivity index (χ0n) is 30.3. The zero-order valence-corrected chi connectivity index (χ0v) is 30.3. The van der Waals surface area contributed by atoms with E-state index in [1.807, 2.05) is 0 Å². The van der Waals surface area contributed by atoms with Crippen LogP contribution in [0.4, 0.5) is 17.1 Å². The largest absolute Gasteiger partial charge is 0.310 e. The van der Waals surface area contributed by atoms with E-state index in [2.05, 4.69) is 207 Å². The molecule has 54 heavy (non-hydrogen) atoms. The molecule has 0 aliphatic heterocycles. The first-order valence-corrected chi connectivity index (χ1v) is 18.9. The van der Waals surface area contributed by atoms with Crippen LogP contribution in [0.3, 0.4) is 0 Å². The van der Waals surface area contributed by atoms with Crippen molar-refractivity contribution in [3.63, 3.8) is 0 Å². The molecule has 0 atom stereocenters. The summed E-state index contributed by atoms with van der Waals surface area (Å²) in [4.78, 5) is 2.51. The fourth-order valence-corrected chi connectivity index (χ4v) is 9.29. The summed E-state index contributed by atoms with van der Waals surface area (Å²) in [6.07, 6.45) is 0. The summed E-state index contributed by atoms with van der Waals surface area (Å²) in [7, 11) is 0. The summed E-state index contributed by atoms with van der Waals surface area (Å²) in [6, 6.07) is 69.6. The molecule has 9 aromatic carbocycles. The van der Waals surface area contributed by atoms with Gasteiger partial charge in [-0.2, -0.15) is 0 Å². The number of rotatable bonds is 5. The lowest BCUT2D eigenvalue weighted by molar-refractivity contribution is 0.661. The maximum atomic E-state index is 2.51. The maximum Gasteiger partial charge on any atom is 0.0540 e. The third kappa shape index (κ3) is 4.58. The molecule has 0 aromatic heterocycles. The highest BCUT2D eigenvalue weighted by Gasteiger charge is 2.39. The fourth-order valence-electron chi connectivity index (χ4n) is 9.29. The van der Waals surface area contributed by atoms with Crippen LogP contribution in [-0.4, -0.2) is 0 Å². The van der Waals surface area contributed by atoms with Gasteiger partial charge in [0.1, 0.15) is 0 Å². The Balaban J connectivity index is 1.09. The highest BCUT2D eigenvalue weighted by molar-refractivity contribution is 6.14. The van der Waals surface area contributed by atoms with Gasteiger partial charge in [0.2, 0.25) is 0 Å². The van der Waals surface area contributed by atoms with E-state index in [4.69, 9.17) is 0 Å². The van der Waals surface area contributed by atoms with Crippen LogP contribution in [0.1, 0.15) is 25.0 Å². The maximum absolute atomic E-state index is 2.51. The van der Waals surface area contributed by atoms with Gasteiger partial charge in [0, 0.05) is 16.5 Å². The molecule has 0 saturated carbocycles. The van der Waals surface area contributed by atoms with Gasteiger partial charge >= 0.3 is 0 Å². The van der Waals surface area contributed by atoms with E-state index in [0.717, 1.165) is 5.69 Å². The Morgan fingerprint density at radius 2 is 0.907 bits per heavy atom. The fraction of sp³-hybridized carbons (Fsp3) is 0.0566. The van der Waals surface area contributed by atoms with Gasteiger partial charge < -0.3 is 4.90 Å². The summed E-state index contributed by atoms with van der Waals surface area (Å²) in [5.74, 6) is 0. The van der Waals surface area contributed by atoms with Gasteiger partial charge in [0.05, 0.1) is 11.4 Å². The lowest BCUT2D eigenvalue weighted by Crippen LogP contribution is -2.20. The standard InChI is InChI=1S/C53H37N/c1-53(2)49-20-10-9-18-42(49)43-19-12-22-51(52(43)53)54(41-27-25-36(26-28-41)34-13-5-3-6-14-34)50-21-11-17-39-31-46-47-32-40-29-37(35-15-7-4-8-16-35)23-24-38(40)30-45(47)48(46)33-44(39)50/h3-33H,1-2H3. The van der Waals surface area contributed by atoms with E-state index < -0.39 is 0 Å². The van der Waals surface area contributed by atoms with Crippen molar-refractivity contribution < 1.29 is 0 Å². The molecule has 9 aromatic rings. The number of hydrogen-bond donors (Lipinski definition) is 0. The van der Waals surface area contributed by atoms with Crippen molar-refractivity contribution in [1.29, 1.82) is 0 Å². The molecular weight excluding hydrogens is 651 g/mol. The van der Waals surface area contributed by atoms with Crippen LogP contribution in [0, 0.1) is 0 Å². The lowest BCUT2D eigenvalue weighted by atomic mass is 9.77. The Hall–Kier alpha value is -6.70. The van der Waals surface area contributed by atoms with Crippen LogP contribution in [-0.2, 0) is 5.41 Å². The minimum atomic E-state index is -0.167. The minimum absolute atomic E-state index is 0.167. The van der Waals surface area contributed by atoms with E-state index in [9.17, 15) is 0 Å². The van der Waals surface area contributed by atoms with E-state index in [0.29, 0.717) is 0 Å². The van der Waals surface area contributed by atoms with Gasteiger partial charge in [-0.3, -0.25) is 0 Å². The van der Waals surface area contributed by atoms with Crippen LogP contribution in [0.5, 0.6) is 0 Å². The predicted octanol–water partition coefficient (Wildman–Crippen LogP) is 14.8. The van der Waals surface area contributed by atoms with E-state index >= 15 is 0 Å². The third-order valence-corrected chi connectivity index (χ3v) is 11.9. The van der Waals surface area contributed by atoms with Crippen molar-refractivity contribution in [2.45, 2.75) is 19.3 Å². The molecule has 0 bridgehead atoms. The van der Waals surface area contributed by atoms with Crippen LogP contribution < -0.4 is 4.90 Å². The summed E-state index contributed by atoms with van der Waals surface area (Å²) in [6.45, 7) is 4.77. The molecule has 254 valence electrons. The Labute approximate surface area is 316 Å². The zero-order chi connectivity index (χ0) is 36.0. The predicted molar refractivity (Wildman–Crippen MR) is 229 cm³/mol. The quantitative estimate of drug-likeness (QED) is 0.174. The highest BCUT2D eigenvalue weighted by atomic mass is 15.1. The molecule has 0 N–H and O–H groups in total. The SMILES string of the molecule is CC1(C)c2ccccc2-c2cccc(N(c3ccc(-c4ccccc4)cc3)c3cccc4cc5c(cc34)-c3cc4ccc(-c6ccccc6)cc4cc3-5)c21. The van der Waals surface area contributed by atoms with E-state index in [1.165, 1.54) is 99.7 Å². The van der Waals surface area contributed by atoms with Crippen LogP contribution in [0.2, 0.25) is 0 Å². The van der Waals surface area contributed by atoms with Crippen molar-refractivity contribution in [3.05, 3.63) is 199 Å². The molecular formula is C53H37N. The minimum Gasteiger partial charge on any atom is -0.310 e.